The lowest BCUT2D eigenvalue weighted by atomic mass is 10.1. The Labute approximate surface area is 161 Å². The van der Waals surface area contributed by atoms with Crippen LogP contribution in [0.2, 0.25) is 10.0 Å². The summed E-state index contributed by atoms with van der Waals surface area (Å²) in [5.41, 5.74) is 2.82. The summed E-state index contributed by atoms with van der Waals surface area (Å²) in [7, 11) is 0. The van der Waals surface area contributed by atoms with Crippen LogP contribution in [0.25, 0.3) is 11.1 Å². The smallest absolute Gasteiger partial charge is 0.345 e. The Bertz CT molecular complexity index is 873. The minimum Gasteiger partial charge on any atom is -0.478 e. The minimum atomic E-state index is -1.05. The van der Waals surface area contributed by atoms with Gasteiger partial charge in [0.15, 0.2) is 6.10 Å². The van der Waals surface area contributed by atoms with Gasteiger partial charge in [-0.2, -0.15) is 0 Å². The van der Waals surface area contributed by atoms with Crippen molar-refractivity contribution in [2.24, 2.45) is 0 Å². The molecule has 0 amide bonds. The molecule has 0 unspecified atom stereocenters. The van der Waals surface area contributed by atoms with E-state index in [1.54, 1.807) is 30.3 Å². The standard InChI is InChI=1S/C21H16Cl2O3/c22-17-10-14(11-18(23)13-17)12-20(21(24)25)26-19-8-6-16(7-9-19)15-4-2-1-3-5-15/h1-11,13,20H,12H2,(H,24,25)/t20-/m1/s1. The van der Waals surface area contributed by atoms with Gasteiger partial charge in [0.2, 0.25) is 0 Å². The van der Waals surface area contributed by atoms with Crippen LogP contribution in [0.15, 0.2) is 72.8 Å². The Hall–Kier alpha value is -2.49. The Balaban J connectivity index is 1.75. The van der Waals surface area contributed by atoms with Crippen molar-refractivity contribution >= 4 is 29.2 Å². The van der Waals surface area contributed by atoms with Crippen molar-refractivity contribution in [2.45, 2.75) is 12.5 Å². The van der Waals surface area contributed by atoms with Gasteiger partial charge in [0.1, 0.15) is 5.75 Å². The molecule has 1 atom stereocenters. The first kappa shape index (κ1) is 18.3. The summed E-state index contributed by atoms with van der Waals surface area (Å²) in [6.07, 6.45) is -0.872. The predicted molar refractivity (Wildman–Crippen MR) is 104 cm³/mol. The molecular weight excluding hydrogens is 371 g/mol. The van der Waals surface area contributed by atoms with Crippen LogP contribution in [-0.4, -0.2) is 17.2 Å². The fourth-order valence-corrected chi connectivity index (χ4v) is 3.21. The molecule has 0 spiro atoms. The van der Waals surface area contributed by atoms with E-state index in [0.29, 0.717) is 21.4 Å². The van der Waals surface area contributed by atoms with Crippen LogP contribution in [0.1, 0.15) is 5.56 Å². The highest BCUT2D eigenvalue weighted by molar-refractivity contribution is 6.34. The number of benzene rings is 3. The third-order valence-electron chi connectivity index (χ3n) is 3.86. The molecule has 1 N–H and O–H groups in total. The summed E-state index contributed by atoms with van der Waals surface area (Å²) in [5.74, 6) is -0.557. The lowest BCUT2D eigenvalue weighted by Gasteiger charge is -2.16. The van der Waals surface area contributed by atoms with E-state index in [1.807, 2.05) is 42.5 Å². The number of carboxylic acids is 1. The van der Waals surface area contributed by atoms with Crippen LogP contribution in [0.3, 0.4) is 0 Å². The Morgan fingerprint density at radius 2 is 1.46 bits per heavy atom. The van der Waals surface area contributed by atoms with E-state index in [0.717, 1.165) is 11.1 Å². The van der Waals surface area contributed by atoms with Crippen LogP contribution in [0.5, 0.6) is 5.75 Å². The second-order valence-electron chi connectivity index (χ2n) is 5.82. The first-order chi connectivity index (χ1) is 12.5. The molecule has 3 aromatic rings. The molecule has 0 aliphatic carbocycles. The first-order valence-electron chi connectivity index (χ1n) is 8.01. The van der Waals surface area contributed by atoms with E-state index >= 15 is 0 Å². The van der Waals surface area contributed by atoms with E-state index in [1.165, 1.54) is 0 Å². The fraction of sp³-hybridized carbons (Fsp3) is 0.0952. The maximum absolute atomic E-state index is 11.6. The number of rotatable bonds is 6. The molecule has 26 heavy (non-hydrogen) atoms. The molecule has 0 radical (unpaired) electrons. The van der Waals surface area contributed by atoms with E-state index in [-0.39, 0.29) is 6.42 Å². The largest absolute Gasteiger partial charge is 0.478 e. The average molecular weight is 387 g/mol. The molecule has 132 valence electrons. The highest BCUT2D eigenvalue weighted by Crippen LogP contribution is 2.24. The molecule has 0 bridgehead atoms. The third-order valence-corrected chi connectivity index (χ3v) is 4.30. The van der Waals surface area contributed by atoms with E-state index in [4.69, 9.17) is 27.9 Å². The zero-order valence-electron chi connectivity index (χ0n) is 13.7. The van der Waals surface area contributed by atoms with Crippen molar-refractivity contribution in [2.75, 3.05) is 0 Å². The van der Waals surface area contributed by atoms with Crippen LogP contribution in [0, 0.1) is 0 Å². The van der Waals surface area contributed by atoms with Crippen molar-refractivity contribution in [1.82, 2.24) is 0 Å². The molecule has 3 nitrogen and oxygen atoms in total. The van der Waals surface area contributed by atoms with Crippen LogP contribution >= 0.6 is 23.2 Å². The third kappa shape index (κ3) is 4.78. The van der Waals surface area contributed by atoms with Gasteiger partial charge in [-0.05, 0) is 47.0 Å². The molecule has 0 saturated heterocycles. The maximum atomic E-state index is 11.6. The number of halogens is 2. The second-order valence-corrected chi connectivity index (χ2v) is 6.69. The minimum absolute atomic E-state index is 0.163. The quantitative estimate of drug-likeness (QED) is 0.587. The van der Waals surface area contributed by atoms with Crippen LogP contribution in [0.4, 0.5) is 0 Å². The molecule has 0 heterocycles. The summed E-state index contributed by atoms with van der Waals surface area (Å²) < 4.78 is 5.66. The summed E-state index contributed by atoms with van der Waals surface area (Å²) in [6.45, 7) is 0. The topological polar surface area (TPSA) is 46.5 Å². The van der Waals surface area contributed by atoms with Crippen LogP contribution < -0.4 is 4.74 Å². The maximum Gasteiger partial charge on any atom is 0.345 e. The zero-order valence-corrected chi connectivity index (χ0v) is 15.2. The van der Waals surface area contributed by atoms with Gasteiger partial charge in [-0.25, -0.2) is 4.79 Å². The van der Waals surface area contributed by atoms with Gasteiger partial charge in [0.25, 0.3) is 0 Å². The number of aliphatic carboxylic acids is 1. The highest BCUT2D eigenvalue weighted by atomic mass is 35.5. The summed E-state index contributed by atoms with van der Waals surface area (Å²) in [5, 5.41) is 10.4. The lowest BCUT2D eigenvalue weighted by Crippen LogP contribution is -2.29. The summed E-state index contributed by atoms with van der Waals surface area (Å²) >= 11 is 12.0. The number of hydrogen-bond acceptors (Lipinski definition) is 2. The first-order valence-corrected chi connectivity index (χ1v) is 8.77. The van der Waals surface area contributed by atoms with Gasteiger partial charge >= 0.3 is 5.97 Å². The Kier molecular flexibility index (Phi) is 5.82. The molecule has 5 heteroatoms. The van der Waals surface area contributed by atoms with Crippen molar-refractivity contribution in [3.63, 3.8) is 0 Å². The summed E-state index contributed by atoms with van der Waals surface area (Å²) in [4.78, 5) is 11.6. The fourth-order valence-electron chi connectivity index (χ4n) is 2.64. The average Bonchev–Trinajstić information content (AvgIpc) is 2.61. The highest BCUT2D eigenvalue weighted by Gasteiger charge is 2.20. The van der Waals surface area contributed by atoms with Crippen molar-refractivity contribution in [3.8, 4) is 16.9 Å². The predicted octanol–water partition coefficient (Wildman–Crippen LogP) is 5.74. The van der Waals surface area contributed by atoms with Gasteiger partial charge in [-0.1, -0.05) is 65.7 Å². The van der Waals surface area contributed by atoms with Crippen molar-refractivity contribution in [3.05, 3.63) is 88.4 Å². The normalized spacial score (nSPS) is 11.8. The van der Waals surface area contributed by atoms with Crippen molar-refractivity contribution in [1.29, 1.82) is 0 Å². The van der Waals surface area contributed by atoms with Gasteiger partial charge in [-0.3, -0.25) is 0 Å². The molecule has 0 fully saturated rings. The van der Waals surface area contributed by atoms with Crippen molar-refractivity contribution < 1.29 is 14.6 Å². The molecule has 3 rings (SSSR count). The van der Waals surface area contributed by atoms with Gasteiger partial charge in [0, 0.05) is 16.5 Å². The number of carboxylic acid groups (broad SMARTS) is 1. The Morgan fingerprint density at radius 1 is 0.885 bits per heavy atom. The van der Waals surface area contributed by atoms with Gasteiger partial charge < -0.3 is 9.84 Å². The molecule has 0 saturated carbocycles. The molecule has 0 aliphatic rings. The zero-order chi connectivity index (χ0) is 18.5. The van der Waals surface area contributed by atoms with Crippen LogP contribution in [-0.2, 0) is 11.2 Å². The number of carbonyl (C=O) groups is 1. The van der Waals surface area contributed by atoms with Gasteiger partial charge in [0.05, 0.1) is 0 Å². The summed E-state index contributed by atoms with van der Waals surface area (Å²) in [6, 6.07) is 22.2. The molecular formula is C21H16Cl2O3. The van der Waals surface area contributed by atoms with E-state index < -0.39 is 12.1 Å². The monoisotopic (exact) mass is 386 g/mol. The lowest BCUT2D eigenvalue weighted by molar-refractivity contribution is -0.145. The number of hydrogen-bond donors (Lipinski definition) is 1. The molecule has 0 aliphatic heterocycles. The van der Waals surface area contributed by atoms with Gasteiger partial charge in [-0.15, -0.1) is 0 Å². The van der Waals surface area contributed by atoms with E-state index in [9.17, 15) is 9.90 Å². The SMILES string of the molecule is O=C(O)[C@@H](Cc1cc(Cl)cc(Cl)c1)Oc1ccc(-c2ccccc2)cc1. The molecule has 0 aromatic heterocycles. The molecule has 3 aromatic carbocycles. The Morgan fingerprint density at radius 3 is 2.04 bits per heavy atom. The second kappa shape index (κ2) is 8.26. The number of ether oxygens (including phenoxy) is 1. The van der Waals surface area contributed by atoms with E-state index in [2.05, 4.69) is 0 Å².